The Kier molecular flexibility index (Phi) is 5.17. The summed E-state index contributed by atoms with van der Waals surface area (Å²) in [5.41, 5.74) is 2.29. The van der Waals surface area contributed by atoms with Crippen LogP contribution in [-0.2, 0) is 16.0 Å². The Labute approximate surface area is 127 Å². The molecular formula is C15H19BrN2O2. The summed E-state index contributed by atoms with van der Waals surface area (Å²) in [7, 11) is 0. The number of nitrogens with one attached hydrogen (secondary N) is 2. The third-order valence-corrected chi connectivity index (χ3v) is 4.37. The molecule has 1 unspecified atom stereocenters. The SMILES string of the molecule is Cc1cc(CCC(=O)NC2CCCNC2=O)ccc1Br. The molecule has 0 saturated carbocycles. The fourth-order valence-electron chi connectivity index (χ4n) is 2.30. The van der Waals surface area contributed by atoms with Crippen molar-refractivity contribution in [1.82, 2.24) is 10.6 Å². The first kappa shape index (κ1) is 15.0. The molecule has 1 atom stereocenters. The van der Waals surface area contributed by atoms with E-state index in [1.165, 1.54) is 0 Å². The zero-order valence-electron chi connectivity index (χ0n) is 11.5. The highest BCUT2D eigenvalue weighted by molar-refractivity contribution is 9.10. The first-order valence-corrected chi connectivity index (χ1v) is 7.67. The van der Waals surface area contributed by atoms with Crippen LogP contribution in [-0.4, -0.2) is 24.4 Å². The summed E-state index contributed by atoms with van der Waals surface area (Å²) in [6.07, 6.45) is 2.75. The highest BCUT2D eigenvalue weighted by Crippen LogP contribution is 2.18. The van der Waals surface area contributed by atoms with E-state index in [1.807, 2.05) is 19.1 Å². The molecule has 2 rings (SSSR count). The summed E-state index contributed by atoms with van der Waals surface area (Å²) >= 11 is 3.46. The standard InChI is InChI=1S/C15H19BrN2O2/c1-10-9-11(4-6-12(10)16)5-7-14(19)18-13-3-2-8-17-15(13)20/h4,6,9,13H,2-3,5,7-8H2,1H3,(H,17,20)(H,18,19). The summed E-state index contributed by atoms with van der Waals surface area (Å²) in [5, 5.41) is 5.57. The van der Waals surface area contributed by atoms with Gasteiger partial charge in [0, 0.05) is 17.4 Å². The molecule has 0 bridgehead atoms. The summed E-state index contributed by atoms with van der Waals surface area (Å²) in [5.74, 6) is -0.128. The molecule has 1 aromatic rings. The molecule has 20 heavy (non-hydrogen) atoms. The van der Waals surface area contributed by atoms with E-state index < -0.39 is 0 Å². The van der Waals surface area contributed by atoms with Crippen LogP contribution in [0.25, 0.3) is 0 Å². The monoisotopic (exact) mass is 338 g/mol. The fraction of sp³-hybridized carbons (Fsp3) is 0.467. The van der Waals surface area contributed by atoms with Crippen molar-refractivity contribution in [2.75, 3.05) is 6.54 Å². The van der Waals surface area contributed by atoms with Crippen LogP contribution in [0, 0.1) is 6.92 Å². The van der Waals surface area contributed by atoms with Crippen molar-refractivity contribution in [2.24, 2.45) is 0 Å². The van der Waals surface area contributed by atoms with Crippen LogP contribution >= 0.6 is 15.9 Å². The van der Waals surface area contributed by atoms with Gasteiger partial charge >= 0.3 is 0 Å². The molecule has 2 N–H and O–H groups in total. The molecule has 2 amide bonds. The van der Waals surface area contributed by atoms with Gasteiger partial charge in [-0.1, -0.05) is 28.1 Å². The number of rotatable bonds is 4. The Balaban J connectivity index is 1.82. The van der Waals surface area contributed by atoms with Gasteiger partial charge in [0.1, 0.15) is 6.04 Å². The molecule has 0 spiro atoms. The first-order valence-electron chi connectivity index (χ1n) is 6.88. The Morgan fingerprint density at radius 1 is 1.50 bits per heavy atom. The summed E-state index contributed by atoms with van der Waals surface area (Å²) in [6, 6.07) is 5.72. The number of aryl methyl sites for hydroxylation is 2. The van der Waals surface area contributed by atoms with Crippen molar-refractivity contribution in [2.45, 2.75) is 38.6 Å². The minimum Gasteiger partial charge on any atom is -0.354 e. The number of halogens is 1. The van der Waals surface area contributed by atoms with E-state index >= 15 is 0 Å². The van der Waals surface area contributed by atoms with Crippen LogP contribution in [0.3, 0.4) is 0 Å². The lowest BCUT2D eigenvalue weighted by atomic mass is 10.0. The van der Waals surface area contributed by atoms with E-state index in [-0.39, 0.29) is 17.9 Å². The third kappa shape index (κ3) is 4.07. The van der Waals surface area contributed by atoms with E-state index in [2.05, 4.69) is 32.6 Å². The van der Waals surface area contributed by atoms with Gasteiger partial charge < -0.3 is 10.6 Å². The second-order valence-corrected chi connectivity index (χ2v) is 5.99. The highest BCUT2D eigenvalue weighted by Gasteiger charge is 2.23. The minimum atomic E-state index is -0.358. The van der Waals surface area contributed by atoms with Gasteiger partial charge in [0.15, 0.2) is 0 Å². The van der Waals surface area contributed by atoms with Crippen LogP contribution in [0.4, 0.5) is 0 Å². The van der Waals surface area contributed by atoms with Crippen molar-refractivity contribution in [3.05, 3.63) is 33.8 Å². The van der Waals surface area contributed by atoms with Crippen LogP contribution < -0.4 is 10.6 Å². The summed E-state index contributed by atoms with van der Waals surface area (Å²) in [6.45, 7) is 2.74. The molecule has 4 nitrogen and oxygen atoms in total. The maximum Gasteiger partial charge on any atom is 0.242 e. The molecular weight excluding hydrogens is 320 g/mol. The van der Waals surface area contributed by atoms with Crippen LogP contribution in [0.15, 0.2) is 22.7 Å². The zero-order valence-corrected chi connectivity index (χ0v) is 13.1. The van der Waals surface area contributed by atoms with E-state index in [9.17, 15) is 9.59 Å². The van der Waals surface area contributed by atoms with Gasteiger partial charge in [-0.15, -0.1) is 0 Å². The Bertz CT molecular complexity index is 517. The molecule has 1 aromatic carbocycles. The predicted octanol–water partition coefficient (Wildman–Crippen LogP) is 2.08. The fourth-order valence-corrected chi connectivity index (χ4v) is 2.54. The van der Waals surface area contributed by atoms with Gasteiger partial charge in [-0.25, -0.2) is 0 Å². The van der Waals surface area contributed by atoms with Crippen molar-refractivity contribution in [3.8, 4) is 0 Å². The molecule has 1 aliphatic rings. The number of carbonyl (C=O) groups is 2. The average Bonchev–Trinajstić information content (AvgIpc) is 2.43. The number of hydrogen-bond acceptors (Lipinski definition) is 2. The van der Waals surface area contributed by atoms with Gasteiger partial charge in [0.2, 0.25) is 11.8 Å². The molecule has 1 saturated heterocycles. The van der Waals surface area contributed by atoms with E-state index in [0.29, 0.717) is 19.4 Å². The van der Waals surface area contributed by atoms with Gasteiger partial charge in [0.05, 0.1) is 0 Å². The maximum atomic E-state index is 11.9. The van der Waals surface area contributed by atoms with Crippen LogP contribution in [0.2, 0.25) is 0 Å². The van der Waals surface area contributed by atoms with E-state index in [4.69, 9.17) is 0 Å². The highest BCUT2D eigenvalue weighted by atomic mass is 79.9. The lowest BCUT2D eigenvalue weighted by molar-refractivity contribution is -0.130. The number of benzene rings is 1. The van der Waals surface area contributed by atoms with E-state index in [1.54, 1.807) is 0 Å². The minimum absolute atomic E-state index is 0.0624. The van der Waals surface area contributed by atoms with Gasteiger partial charge in [-0.3, -0.25) is 9.59 Å². The number of amides is 2. The van der Waals surface area contributed by atoms with Crippen LogP contribution in [0.5, 0.6) is 0 Å². The molecule has 5 heteroatoms. The molecule has 1 fully saturated rings. The van der Waals surface area contributed by atoms with Gasteiger partial charge in [0.25, 0.3) is 0 Å². The zero-order chi connectivity index (χ0) is 14.5. The second-order valence-electron chi connectivity index (χ2n) is 5.14. The molecule has 108 valence electrons. The van der Waals surface area contributed by atoms with Crippen LogP contribution in [0.1, 0.15) is 30.4 Å². The lowest BCUT2D eigenvalue weighted by Crippen LogP contribution is -2.50. The first-order chi connectivity index (χ1) is 9.56. The second kappa shape index (κ2) is 6.88. The third-order valence-electron chi connectivity index (χ3n) is 3.48. The van der Waals surface area contributed by atoms with Gasteiger partial charge in [-0.2, -0.15) is 0 Å². The molecule has 1 aliphatic heterocycles. The van der Waals surface area contributed by atoms with Crippen molar-refractivity contribution in [3.63, 3.8) is 0 Å². The maximum absolute atomic E-state index is 11.9. The normalized spacial score (nSPS) is 18.5. The molecule has 1 heterocycles. The smallest absolute Gasteiger partial charge is 0.242 e. The Morgan fingerprint density at radius 2 is 2.30 bits per heavy atom. The lowest BCUT2D eigenvalue weighted by Gasteiger charge is -2.22. The topological polar surface area (TPSA) is 58.2 Å². The van der Waals surface area contributed by atoms with E-state index in [0.717, 1.165) is 28.4 Å². The summed E-state index contributed by atoms with van der Waals surface area (Å²) in [4.78, 5) is 23.4. The van der Waals surface area contributed by atoms with Crippen molar-refractivity contribution in [1.29, 1.82) is 0 Å². The molecule has 0 aliphatic carbocycles. The average molecular weight is 339 g/mol. The number of piperidine rings is 1. The van der Waals surface area contributed by atoms with Crippen molar-refractivity contribution < 1.29 is 9.59 Å². The Hall–Kier alpha value is -1.36. The molecule has 0 aromatic heterocycles. The number of hydrogen-bond donors (Lipinski definition) is 2. The quantitative estimate of drug-likeness (QED) is 0.883. The number of carbonyl (C=O) groups excluding carboxylic acids is 2. The molecule has 0 radical (unpaired) electrons. The van der Waals surface area contributed by atoms with Crippen molar-refractivity contribution >= 4 is 27.7 Å². The Morgan fingerprint density at radius 3 is 3.00 bits per heavy atom. The predicted molar refractivity (Wildman–Crippen MR) is 81.4 cm³/mol. The largest absolute Gasteiger partial charge is 0.354 e. The summed E-state index contributed by atoms with van der Waals surface area (Å²) < 4.78 is 1.07. The van der Waals surface area contributed by atoms with Gasteiger partial charge in [-0.05, 0) is 43.4 Å².